The molecule has 1 aliphatic rings. The summed E-state index contributed by atoms with van der Waals surface area (Å²) in [6.45, 7) is 3.54. The Morgan fingerprint density at radius 3 is 2.81 bits per heavy atom. The van der Waals surface area contributed by atoms with Crippen LogP contribution in [0.3, 0.4) is 0 Å². The molecule has 0 aliphatic carbocycles. The predicted octanol–water partition coefficient (Wildman–Crippen LogP) is 1.74. The fourth-order valence-electron chi connectivity index (χ4n) is 2.06. The molecule has 1 aromatic rings. The highest BCUT2D eigenvalue weighted by atomic mass is 127. The highest BCUT2D eigenvalue weighted by Gasteiger charge is 2.12. The molecule has 1 heterocycles. The van der Waals surface area contributed by atoms with Gasteiger partial charge >= 0.3 is 0 Å². The molecule has 0 atom stereocenters. The van der Waals surface area contributed by atoms with Crippen LogP contribution in [0.15, 0.2) is 23.2 Å². The van der Waals surface area contributed by atoms with Gasteiger partial charge in [0.05, 0.1) is 26.4 Å². The van der Waals surface area contributed by atoms with E-state index in [-0.39, 0.29) is 36.4 Å². The fraction of sp³-hybridized carbons (Fsp3) is 0.500. The van der Waals surface area contributed by atoms with Gasteiger partial charge in [0.15, 0.2) is 5.96 Å². The van der Waals surface area contributed by atoms with E-state index in [1.807, 2.05) is 4.90 Å². The highest BCUT2D eigenvalue weighted by molar-refractivity contribution is 14.0. The van der Waals surface area contributed by atoms with Crippen molar-refractivity contribution in [2.45, 2.75) is 13.2 Å². The number of methoxy groups -OCH3 is 1. The van der Waals surface area contributed by atoms with Gasteiger partial charge in [-0.3, -0.25) is 0 Å². The van der Waals surface area contributed by atoms with Gasteiger partial charge in [0, 0.05) is 25.8 Å². The zero-order valence-electron chi connectivity index (χ0n) is 12.0. The smallest absolute Gasteiger partial charge is 0.191 e. The first-order valence-electron chi connectivity index (χ1n) is 6.59. The van der Waals surface area contributed by atoms with Crippen LogP contribution in [-0.2, 0) is 22.6 Å². The molecule has 0 aromatic heterocycles. The first kappa shape index (κ1) is 18.1. The van der Waals surface area contributed by atoms with E-state index < -0.39 is 0 Å². The molecule has 0 radical (unpaired) electrons. The molecule has 0 unspecified atom stereocenters. The molecular formula is C14H21FIN3O2. The van der Waals surface area contributed by atoms with Crippen LogP contribution in [0, 0.1) is 5.82 Å². The van der Waals surface area contributed by atoms with Crippen LogP contribution in [-0.4, -0.2) is 44.3 Å². The quantitative estimate of drug-likeness (QED) is 0.468. The summed E-state index contributed by atoms with van der Waals surface area (Å²) in [5.74, 6) is 0.242. The lowest BCUT2D eigenvalue weighted by Crippen LogP contribution is -2.44. The van der Waals surface area contributed by atoms with Crippen molar-refractivity contribution in [1.82, 2.24) is 4.90 Å². The minimum Gasteiger partial charge on any atom is -0.380 e. The van der Waals surface area contributed by atoms with Crippen molar-refractivity contribution in [2.75, 3.05) is 33.4 Å². The Balaban J connectivity index is 0.00000220. The minimum absolute atomic E-state index is 0. The Morgan fingerprint density at radius 2 is 2.14 bits per heavy atom. The van der Waals surface area contributed by atoms with Gasteiger partial charge in [-0.25, -0.2) is 9.38 Å². The third-order valence-electron chi connectivity index (χ3n) is 3.17. The van der Waals surface area contributed by atoms with Gasteiger partial charge in [-0.2, -0.15) is 0 Å². The van der Waals surface area contributed by atoms with Gasteiger partial charge in [0.25, 0.3) is 0 Å². The summed E-state index contributed by atoms with van der Waals surface area (Å²) in [4.78, 5) is 6.34. The second-order valence-electron chi connectivity index (χ2n) is 4.63. The summed E-state index contributed by atoms with van der Waals surface area (Å²) < 4.78 is 23.7. The lowest BCUT2D eigenvalue weighted by atomic mass is 10.1. The number of aliphatic imine (C=N–C) groups is 1. The Labute approximate surface area is 141 Å². The van der Waals surface area contributed by atoms with E-state index in [9.17, 15) is 4.39 Å². The molecule has 0 spiro atoms. The van der Waals surface area contributed by atoms with Crippen LogP contribution in [0.1, 0.15) is 11.1 Å². The van der Waals surface area contributed by atoms with Gasteiger partial charge in [-0.1, -0.05) is 6.07 Å². The average Bonchev–Trinajstić information content (AvgIpc) is 2.49. The number of morpholine rings is 1. The van der Waals surface area contributed by atoms with Gasteiger partial charge in [-0.15, -0.1) is 24.0 Å². The van der Waals surface area contributed by atoms with Gasteiger partial charge in [0.2, 0.25) is 0 Å². The number of nitrogens with two attached hydrogens (primary N) is 1. The molecule has 2 N–H and O–H groups in total. The Hall–Kier alpha value is -0.930. The molecule has 2 rings (SSSR count). The molecule has 1 saturated heterocycles. The number of hydrogen-bond acceptors (Lipinski definition) is 3. The number of benzene rings is 1. The van der Waals surface area contributed by atoms with Gasteiger partial charge in [0.1, 0.15) is 5.82 Å². The van der Waals surface area contributed by atoms with E-state index in [4.69, 9.17) is 15.2 Å². The third kappa shape index (κ3) is 5.40. The van der Waals surface area contributed by atoms with E-state index in [1.165, 1.54) is 6.07 Å². The van der Waals surface area contributed by atoms with Crippen molar-refractivity contribution in [2.24, 2.45) is 10.7 Å². The van der Waals surface area contributed by atoms with Crippen LogP contribution in [0.25, 0.3) is 0 Å². The van der Waals surface area contributed by atoms with E-state index in [1.54, 1.807) is 19.2 Å². The van der Waals surface area contributed by atoms with Crippen molar-refractivity contribution in [1.29, 1.82) is 0 Å². The maximum absolute atomic E-state index is 13.5. The van der Waals surface area contributed by atoms with E-state index in [0.717, 1.165) is 18.7 Å². The van der Waals surface area contributed by atoms with Crippen LogP contribution in [0.4, 0.5) is 4.39 Å². The lowest BCUT2D eigenvalue weighted by Gasteiger charge is -2.27. The lowest BCUT2D eigenvalue weighted by molar-refractivity contribution is 0.0674. The first-order valence-corrected chi connectivity index (χ1v) is 6.59. The third-order valence-corrected chi connectivity index (χ3v) is 3.17. The summed E-state index contributed by atoms with van der Waals surface area (Å²) in [5, 5.41) is 0. The number of rotatable bonds is 4. The maximum Gasteiger partial charge on any atom is 0.191 e. The standard InChI is InChI=1S/C14H20FN3O2.HI/c1-19-10-12-8-11(2-3-13(12)15)9-17-14(16)18-4-6-20-7-5-18;/h2-3,8H,4-7,9-10H2,1H3,(H2,16,17);1H. The predicted molar refractivity (Wildman–Crippen MR) is 90.2 cm³/mol. The van der Waals surface area contributed by atoms with E-state index >= 15 is 0 Å². The SMILES string of the molecule is COCc1cc(CN=C(N)N2CCOCC2)ccc1F.I. The summed E-state index contributed by atoms with van der Waals surface area (Å²) >= 11 is 0. The van der Waals surface area contributed by atoms with Crippen molar-refractivity contribution in [3.05, 3.63) is 35.1 Å². The van der Waals surface area contributed by atoms with Crippen molar-refractivity contribution < 1.29 is 13.9 Å². The van der Waals surface area contributed by atoms with Crippen LogP contribution >= 0.6 is 24.0 Å². The zero-order chi connectivity index (χ0) is 14.4. The topological polar surface area (TPSA) is 60.1 Å². The van der Waals surface area contributed by atoms with E-state index in [0.29, 0.717) is 31.3 Å². The highest BCUT2D eigenvalue weighted by Crippen LogP contribution is 2.12. The molecule has 0 amide bonds. The number of halogens is 2. The summed E-state index contributed by atoms with van der Waals surface area (Å²) in [7, 11) is 1.54. The molecule has 21 heavy (non-hydrogen) atoms. The molecule has 7 heteroatoms. The Kier molecular flexibility index (Phi) is 7.91. The van der Waals surface area contributed by atoms with Crippen molar-refractivity contribution in [3.8, 4) is 0 Å². The van der Waals surface area contributed by atoms with E-state index in [2.05, 4.69) is 4.99 Å². The van der Waals surface area contributed by atoms with Crippen LogP contribution in [0.2, 0.25) is 0 Å². The largest absolute Gasteiger partial charge is 0.380 e. The van der Waals surface area contributed by atoms with Gasteiger partial charge < -0.3 is 20.1 Å². The normalized spacial score (nSPS) is 15.7. The monoisotopic (exact) mass is 409 g/mol. The Morgan fingerprint density at radius 1 is 1.43 bits per heavy atom. The van der Waals surface area contributed by atoms with Crippen molar-refractivity contribution >= 4 is 29.9 Å². The number of hydrogen-bond donors (Lipinski definition) is 1. The first-order chi connectivity index (χ1) is 9.70. The molecule has 1 fully saturated rings. The Bertz CT molecular complexity index is 479. The minimum atomic E-state index is -0.263. The van der Waals surface area contributed by atoms with Crippen LogP contribution in [0.5, 0.6) is 0 Å². The van der Waals surface area contributed by atoms with Crippen molar-refractivity contribution in [3.63, 3.8) is 0 Å². The zero-order valence-corrected chi connectivity index (χ0v) is 14.4. The molecule has 118 valence electrons. The van der Waals surface area contributed by atoms with Gasteiger partial charge in [-0.05, 0) is 17.7 Å². The maximum atomic E-state index is 13.5. The number of ether oxygens (including phenoxy) is 2. The molecule has 1 aromatic carbocycles. The number of nitrogens with zero attached hydrogens (tertiary/aromatic N) is 2. The second kappa shape index (κ2) is 9.16. The summed E-state index contributed by atoms with van der Waals surface area (Å²) in [6.07, 6.45) is 0. The van der Waals surface area contributed by atoms with Crippen LogP contribution < -0.4 is 5.73 Å². The molecule has 5 nitrogen and oxygen atoms in total. The summed E-state index contributed by atoms with van der Waals surface area (Å²) in [5.41, 5.74) is 7.39. The number of guanidine groups is 1. The summed E-state index contributed by atoms with van der Waals surface area (Å²) in [6, 6.07) is 4.91. The molecule has 0 bridgehead atoms. The second-order valence-corrected chi connectivity index (χ2v) is 4.63. The molecule has 1 aliphatic heterocycles. The fourth-order valence-corrected chi connectivity index (χ4v) is 2.06. The molecular weight excluding hydrogens is 388 g/mol. The average molecular weight is 409 g/mol. The molecule has 0 saturated carbocycles.